The predicted octanol–water partition coefficient (Wildman–Crippen LogP) is 3.03. The summed E-state index contributed by atoms with van der Waals surface area (Å²) in [6.07, 6.45) is 1.82. The predicted molar refractivity (Wildman–Crippen MR) is 67.8 cm³/mol. The van der Waals surface area contributed by atoms with Gasteiger partial charge in [0.2, 0.25) is 5.91 Å². The van der Waals surface area contributed by atoms with Crippen LogP contribution >= 0.6 is 0 Å². The van der Waals surface area contributed by atoms with E-state index >= 15 is 0 Å². The molecule has 0 saturated heterocycles. The molecule has 1 aromatic rings. The van der Waals surface area contributed by atoms with Crippen LogP contribution in [0.3, 0.4) is 0 Å². The maximum atomic E-state index is 11.4. The molecule has 1 aromatic carbocycles. The minimum Gasteiger partial charge on any atom is -0.366 e. The van der Waals surface area contributed by atoms with Crippen molar-refractivity contribution in [2.24, 2.45) is 5.73 Å². The van der Waals surface area contributed by atoms with E-state index in [1.165, 1.54) is 11.1 Å². The number of carbonyl (C=O) groups excluding carboxylic acids is 1. The van der Waals surface area contributed by atoms with Gasteiger partial charge in [-0.2, -0.15) is 0 Å². The lowest BCUT2D eigenvalue weighted by Gasteiger charge is -2.17. The molecule has 88 valence electrons. The van der Waals surface area contributed by atoms with Crippen molar-refractivity contribution in [1.82, 2.24) is 0 Å². The van der Waals surface area contributed by atoms with E-state index < -0.39 is 0 Å². The van der Waals surface area contributed by atoms with Crippen LogP contribution in [-0.4, -0.2) is 5.91 Å². The molecule has 0 saturated carbocycles. The van der Waals surface area contributed by atoms with E-state index in [0.717, 1.165) is 18.4 Å². The second-order valence-corrected chi connectivity index (χ2v) is 4.39. The normalized spacial score (nSPS) is 10.8. The molecule has 0 radical (unpaired) electrons. The highest BCUT2D eigenvalue weighted by Gasteiger charge is 2.15. The Hall–Kier alpha value is -1.31. The quantitative estimate of drug-likeness (QED) is 0.831. The second kappa shape index (κ2) is 5.15. The number of amides is 1. The Bertz CT molecular complexity index is 394. The number of hydrogen-bond acceptors (Lipinski definition) is 1. The van der Waals surface area contributed by atoms with Crippen molar-refractivity contribution in [2.75, 3.05) is 0 Å². The number of benzene rings is 1. The van der Waals surface area contributed by atoms with E-state index in [-0.39, 0.29) is 5.91 Å². The molecule has 0 aliphatic heterocycles. The zero-order chi connectivity index (χ0) is 12.3. The van der Waals surface area contributed by atoms with Crippen LogP contribution in [0.25, 0.3) is 0 Å². The first kappa shape index (κ1) is 12.8. The van der Waals surface area contributed by atoms with Crippen LogP contribution in [0.1, 0.15) is 60.7 Å². The number of carbonyl (C=O) groups is 1. The summed E-state index contributed by atoms with van der Waals surface area (Å²) in [5.41, 5.74) is 9.85. The summed E-state index contributed by atoms with van der Waals surface area (Å²) in [6.45, 7) is 8.56. The van der Waals surface area contributed by atoms with Gasteiger partial charge in [0.05, 0.1) is 0 Å². The van der Waals surface area contributed by atoms with Crippen molar-refractivity contribution < 1.29 is 4.79 Å². The lowest BCUT2D eigenvalue weighted by Crippen LogP contribution is -2.16. The summed E-state index contributed by atoms with van der Waals surface area (Å²) < 4.78 is 0. The molecular weight excluding hydrogens is 198 g/mol. The summed E-state index contributed by atoms with van der Waals surface area (Å²) in [5, 5.41) is 0. The van der Waals surface area contributed by atoms with Crippen molar-refractivity contribution in [3.8, 4) is 0 Å². The zero-order valence-electron chi connectivity index (χ0n) is 10.6. The molecule has 2 nitrogen and oxygen atoms in total. The van der Waals surface area contributed by atoms with Gasteiger partial charge >= 0.3 is 0 Å². The number of primary amides is 1. The average molecular weight is 219 g/mol. The van der Waals surface area contributed by atoms with Crippen LogP contribution in [0.4, 0.5) is 0 Å². The monoisotopic (exact) mass is 219 g/mol. The van der Waals surface area contributed by atoms with Gasteiger partial charge in [-0.15, -0.1) is 0 Å². The van der Waals surface area contributed by atoms with E-state index in [1.54, 1.807) is 0 Å². The number of nitrogens with two attached hydrogens (primary N) is 1. The summed E-state index contributed by atoms with van der Waals surface area (Å²) in [7, 11) is 0. The summed E-state index contributed by atoms with van der Waals surface area (Å²) in [4.78, 5) is 11.4. The molecule has 0 heterocycles. The number of rotatable bonds is 4. The van der Waals surface area contributed by atoms with Gasteiger partial charge in [0.15, 0.2) is 0 Å². The zero-order valence-corrected chi connectivity index (χ0v) is 10.6. The molecule has 0 aliphatic rings. The molecule has 16 heavy (non-hydrogen) atoms. The van der Waals surface area contributed by atoms with Crippen LogP contribution < -0.4 is 5.73 Å². The van der Waals surface area contributed by atoms with Crippen LogP contribution in [-0.2, 0) is 12.8 Å². The van der Waals surface area contributed by atoms with Gasteiger partial charge in [0.25, 0.3) is 0 Å². The van der Waals surface area contributed by atoms with Crippen LogP contribution in [0, 0.1) is 0 Å². The van der Waals surface area contributed by atoms with Gasteiger partial charge < -0.3 is 5.73 Å². The molecule has 1 rings (SSSR count). The van der Waals surface area contributed by atoms with Crippen molar-refractivity contribution in [1.29, 1.82) is 0 Å². The molecule has 0 fully saturated rings. The summed E-state index contributed by atoms with van der Waals surface area (Å²) in [5.74, 6) is 0.170. The highest BCUT2D eigenvalue weighted by molar-refractivity contribution is 5.94. The maximum absolute atomic E-state index is 11.4. The minimum atomic E-state index is -0.318. The van der Waals surface area contributed by atoms with Crippen LogP contribution in [0.5, 0.6) is 0 Å². The molecule has 0 bridgehead atoms. The first-order chi connectivity index (χ1) is 7.52. The van der Waals surface area contributed by atoms with Gasteiger partial charge in [-0.25, -0.2) is 0 Å². The third kappa shape index (κ3) is 2.26. The minimum absolute atomic E-state index is 0.318. The topological polar surface area (TPSA) is 43.1 Å². The Morgan fingerprint density at radius 1 is 1.19 bits per heavy atom. The standard InChI is InChI=1S/C14H21NO/c1-5-10-11(6-2)13(14(15)16)8-7-12(10)9(3)4/h7-9H,5-6H2,1-4H3,(H2,15,16). The van der Waals surface area contributed by atoms with Gasteiger partial charge in [0.1, 0.15) is 0 Å². The van der Waals surface area contributed by atoms with Gasteiger partial charge in [0, 0.05) is 5.56 Å². The van der Waals surface area contributed by atoms with Crippen molar-refractivity contribution >= 4 is 5.91 Å². The molecule has 0 unspecified atom stereocenters. The first-order valence-corrected chi connectivity index (χ1v) is 5.97. The van der Waals surface area contributed by atoms with E-state index in [1.807, 2.05) is 12.1 Å². The van der Waals surface area contributed by atoms with Crippen molar-refractivity contribution in [2.45, 2.75) is 46.5 Å². The van der Waals surface area contributed by atoms with Crippen LogP contribution in [0.2, 0.25) is 0 Å². The highest BCUT2D eigenvalue weighted by Crippen LogP contribution is 2.26. The Morgan fingerprint density at radius 2 is 1.75 bits per heavy atom. The third-order valence-electron chi connectivity index (χ3n) is 3.06. The largest absolute Gasteiger partial charge is 0.366 e. The van der Waals surface area contributed by atoms with Crippen LogP contribution in [0.15, 0.2) is 12.1 Å². The fourth-order valence-corrected chi connectivity index (χ4v) is 2.30. The smallest absolute Gasteiger partial charge is 0.248 e. The lowest BCUT2D eigenvalue weighted by molar-refractivity contribution is 0.0999. The molecular formula is C14H21NO. The van der Waals surface area contributed by atoms with E-state index in [9.17, 15) is 4.79 Å². The summed E-state index contributed by atoms with van der Waals surface area (Å²) >= 11 is 0. The molecule has 2 heteroatoms. The van der Waals surface area contributed by atoms with E-state index in [2.05, 4.69) is 27.7 Å². The Balaban J connectivity index is 3.46. The fourth-order valence-electron chi connectivity index (χ4n) is 2.30. The van der Waals surface area contributed by atoms with Gasteiger partial charge in [-0.1, -0.05) is 33.8 Å². The Kier molecular flexibility index (Phi) is 4.11. The summed E-state index contributed by atoms with van der Waals surface area (Å²) in [6, 6.07) is 3.92. The Morgan fingerprint density at radius 3 is 2.12 bits per heavy atom. The van der Waals surface area contributed by atoms with E-state index in [0.29, 0.717) is 11.5 Å². The molecule has 0 aliphatic carbocycles. The van der Waals surface area contributed by atoms with Crippen molar-refractivity contribution in [3.63, 3.8) is 0 Å². The van der Waals surface area contributed by atoms with Gasteiger partial charge in [-0.05, 0) is 41.5 Å². The first-order valence-electron chi connectivity index (χ1n) is 5.97. The third-order valence-corrected chi connectivity index (χ3v) is 3.06. The molecule has 2 N–H and O–H groups in total. The maximum Gasteiger partial charge on any atom is 0.248 e. The van der Waals surface area contributed by atoms with Crippen molar-refractivity contribution in [3.05, 3.63) is 34.4 Å². The highest BCUT2D eigenvalue weighted by atomic mass is 16.1. The second-order valence-electron chi connectivity index (χ2n) is 4.39. The SMILES string of the molecule is CCc1c(C(N)=O)ccc(C(C)C)c1CC. The molecule has 0 aromatic heterocycles. The lowest BCUT2D eigenvalue weighted by atomic mass is 9.87. The molecule has 1 amide bonds. The number of hydrogen-bond donors (Lipinski definition) is 1. The Labute approximate surface area is 97.9 Å². The van der Waals surface area contributed by atoms with E-state index in [4.69, 9.17) is 5.73 Å². The van der Waals surface area contributed by atoms with Gasteiger partial charge in [-0.3, -0.25) is 4.79 Å². The fraction of sp³-hybridized carbons (Fsp3) is 0.500. The molecule has 0 spiro atoms. The molecule has 0 atom stereocenters. The average Bonchev–Trinajstić information content (AvgIpc) is 2.26.